The Labute approximate surface area is 104 Å². The first kappa shape index (κ1) is 12.0. The molecule has 0 saturated carbocycles. The fraction of sp³-hybridized carbons (Fsp3) is 0.154. The van der Waals surface area contributed by atoms with Crippen molar-refractivity contribution in [3.63, 3.8) is 0 Å². The number of rotatable bonds is 5. The average Bonchev–Trinajstić information content (AvgIpc) is 2.38. The highest BCUT2D eigenvalue weighted by Gasteiger charge is 2.16. The van der Waals surface area contributed by atoms with Crippen molar-refractivity contribution in [3.05, 3.63) is 43.1 Å². The van der Waals surface area contributed by atoms with Gasteiger partial charge < -0.3 is 10.4 Å². The summed E-state index contributed by atoms with van der Waals surface area (Å²) >= 11 is 0. The van der Waals surface area contributed by atoms with E-state index in [0.29, 0.717) is 12.1 Å². The van der Waals surface area contributed by atoms with E-state index in [4.69, 9.17) is 5.11 Å². The van der Waals surface area contributed by atoms with Gasteiger partial charge in [-0.3, -0.25) is 0 Å². The summed E-state index contributed by atoms with van der Waals surface area (Å²) in [4.78, 5) is 11.1. The molecule has 0 aliphatic rings. The van der Waals surface area contributed by atoms with E-state index in [-0.39, 0.29) is 0 Å². The van der Waals surface area contributed by atoms with Crippen LogP contribution in [0.1, 0.15) is 6.42 Å². The molecule has 2 aromatic rings. The quantitative estimate of drug-likeness (QED) is 0.786. The summed E-state index contributed by atoms with van der Waals surface area (Å²) < 4.78 is 0. The second-order valence-corrected chi connectivity index (χ2v) is 3.83. The van der Waals surface area contributed by atoms with Gasteiger partial charge in [-0.25, -0.2) is 4.79 Å². The van der Waals surface area contributed by atoms with E-state index in [0.717, 1.165) is 10.9 Å². The average molecular weight is 243 g/mol. The first-order valence-electron chi connectivity index (χ1n) is 5.53. The maximum absolute atomic E-state index is 11.1. The van der Waals surface area contributed by atoms with Crippen LogP contribution in [0.15, 0.2) is 43.1 Å². The maximum Gasteiger partial charge on any atom is 0.326 e. The zero-order valence-electron chi connectivity index (χ0n) is 9.71. The standard InChI is InChI=1S/C13H13N3O2/c1-2-5-11(13(17)18)15-12-8-14-16-10-7-4-3-6-9(10)12/h2-4,6-8,11H,1,5H2,(H,15,16)(H,17,18). The van der Waals surface area contributed by atoms with Crippen molar-refractivity contribution in [1.29, 1.82) is 0 Å². The number of carboxylic acids is 1. The van der Waals surface area contributed by atoms with Crippen molar-refractivity contribution in [2.45, 2.75) is 12.5 Å². The summed E-state index contributed by atoms with van der Waals surface area (Å²) in [6, 6.07) is 6.73. The molecule has 0 aliphatic carbocycles. The van der Waals surface area contributed by atoms with Gasteiger partial charge in [0.1, 0.15) is 6.04 Å². The Morgan fingerprint density at radius 3 is 3.00 bits per heavy atom. The molecule has 18 heavy (non-hydrogen) atoms. The Morgan fingerprint density at radius 1 is 1.50 bits per heavy atom. The van der Waals surface area contributed by atoms with Gasteiger partial charge in [-0.2, -0.15) is 10.2 Å². The smallest absolute Gasteiger partial charge is 0.326 e. The molecule has 0 amide bonds. The second-order valence-electron chi connectivity index (χ2n) is 3.83. The molecule has 1 unspecified atom stereocenters. The molecule has 0 radical (unpaired) electrons. The molecule has 1 aromatic heterocycles. The van der Waals surface area contributed by atoms with Gasteiger partial charge in [-0.15, -0.1) is 6.58 Å². The molecule has 5 nitrogen and oxygen atoms in total. The third-order valence-electron chi connectivity index (χ3n) is 2.58. The summed E-state index contributed by atoms with van der Waals surface area (Å²) in [6.07, 6.45) is 3.44. The molecule has 0 bridgehead atoms. The minimum absolute atomic E-state index is 0.339. The van der Waals surface area contributed by atoms with Crippen LogP contribution in [0.2, 0.25) is 0 Å². The van der Waals surface area contributed by atoms with Gasteiger partial charge in [0, 0.05) is 5.39 Å². The van der Waals surface area contributed by atoms with Crippen LogP contribution in [-0.2, 0) is 4.79 Å². The molecule has 2 rings (SSSR count). The minimum Gasteiger partial charge on any atom is -0.480 e. The van der Waals surface area contributed by atoms with Crippen LogP contribution >= 0.6 is 0 Å². The Morgan fingerprint density at radius 2 is 2.28 bits per heavy atom. The number of anilines is 1. The van der Waals surface area contributed by atoms with Crippen molar-refractivity contribution >= 4 is 22.6 Å². The van der Waals surface area contributed by atoms with Gasteiger partial charge in [0.05, 0.1) is 17.4 Å². The summed E-state index contributed by atoms with van der Waals surface area (Å²) in [5.41, 5.74) is 1.39. The van der Waals surface area contributed by atoms with Crippen LogP contribution in [0.4, 0.5) is 5.69 Å². The molecular weight excluding hydrogens is 230 g/mol. The predicted molar refractivity (Wildman–Crippen MR) is 69.4 cm³/mol. The number of aromatic nitrogens is 2. The second kappa shape index (κ2) is 5.27. The van der Waals surface area contributed by atoms with E-state index in [1.807, 2.05) is 24.3 Å². The molecule has 1 atom stereocenters. The number of fused-ring (bicyclic) bond motifs is 1. The number of hydrogen-bond donors (Lipinski definition) is 2. The number of carbonyl (C=O) groups is 1. The minimum atomic E-state index is -0.921. The Kier molecular flexibility index (Phi) is 3.52. The largest absolute Gasteiger partial charge is 0.480 e. The third kappa shape index (κ3) is 2.45. The van der Waals surface area contributed by atoms with Crippen molar-refractivity contribution in [2.24, 2.45) is 0 Å². The maximum atomic E-state index is 11.1. The number of carboxylic acid groups (broad SMARTS) is 1. The van der Waals surface area contributed by atoms with E-state index >= 15 is 0 Å². The molecule has 0 aliphatic heterocycles. The highest BCUT2D eigenvalue weighted by Crippen LogP contribution is 2.21. The van der Waals surface area contributed by atoms with Gasteiger partial charge in [0.25, 0.3) is 0 Å². The van der Waals surface area contributed by atoms with Gasteiger partial charge in [-0.05, 0) is 12.5 Å². The normalized spacial score (nSPS) is 12.0. The van der Waals surface area contributed by atoms with Gasteiger partial charge in [0.15, 0.2) is 0 Å². The van der Waals surface area contributed by atoms with Gasteiger partial charge in [-0.1, -0.05) is 24.3 Å². The van der Waals surface area contributed by atoms with E-state index < -0.39 is 12.0 Å². The summed E-state index contributed by atoms with van der Waals surface area (Å²) in [5, 5.41) is 20.7. The predicted octanol–water partition coefficient (Wildman–Crippen LogP) is 2.07. The molecular formula is C13H13N3O2. The number of nitrogens with one attached hydrogen (secondary N) is 1. The van der Waals surface area contributed by atoms with Crippen LogP contribution < -0.4 is 5.32 Å². The highest BCUT2D eigenvalue weighted by atomic mass is 16.4. The molecule has 1 aromatic carbocycles. The van der Waals surface area contributed by atoms with Crippen LogP contribution in [0.25, 0.3) is 10.9 Å². The monoisotopic (exact) mass is 243 g/mol. The third-order valence-corrected chi connectivity index (χ3v) is 2.58. The van der Waals surface area contributed by atoms with Crippen LogP contribution in [0.3, 0.4) is 0 Å². The topological polar surface area (TPSA) is 75.1 Å². The summed E-state index contributed by atoms with van der Waals surface area (Å²) in [7, 11) is 0. The number of aliphatic carboxylic acids is 1. The molecule has 5 heteroatoms. The van der Waals surface area contributed by atoms with E-state index in [2.05, 4.69) is 22.1 Å². The molecule has 0 fully saturated rings. The lowest BCUT2D eigenvalue weighted by molar-refractivity contribution is -0.137. The SMILES string of the molecule is C=CCC(Nc1cnnc2ccccc12)C(=O)O. The molecule has 2 N–H and O–H groups in total. The Hall–Kier alpha value is -2.43. The van der Waals surface area contributed by atoms with Crippen molar-refractivity contribution < 1.29 is 9.90 Å². The Balaban J connectivity index is 2.36. The van der Waals surface area contributed by atoms with Crippen LogP contribution in [-0.4, -0.2) is 27.3 Å². The van der Waals surface area contributed by atoms with Crippen molar-refractivity contribution in [3.8, 4) is 0 Å². The van der Waals surface area contributed by atoms with Gasteiger partial charge in [0.2, 0.25) is 0 Å². The zero-order chi connectivity index (χ0) is 13.0. The van der Waals surface area contributed by atoms with Gasteiger partial charge >= 0.3 is 5.97 Å². The first-order valence-corrected chi connectivity index (χ1v) is 5.53. The molecule has 0 spiro atoms. The fourth-order valence-electron chi connectivity index (χ4n) is 1.70. The zero-order valence-corrected chi connectivity index (χ0v) is 9.71. The number of nitrogens with zero attached hydrogens (tertiary/aromatic N) is 2. The lowest BCUT2D eigenvalue weighted by atomic mass is 10.1. The summed E-state index contributed by atoms with van der Waals surface area (Å²) in [6.45, 7) is 3.56. The first-order chi connectivity index (χ1) is 8.72. The highest BCUT2D eigenvalue weighted by molar-refractivity contribution is 5.92. The van der Waals surface area contributed by atoms with E-state index in [9.17, 15) is 4.79 Å². The van der Waals surface area contributed by atoms with Crippen molar-refractivity contribution in [1.82, 2.24) is 10.2 Å². The summed E-state index contributed by atoms with van der Waals surface area (Å²) in [5.74, 6) is -0.921. The fourth-order valence-corrected chi connectivity index (χ4v) is 1.70. The molecule has 1 heterocycles. The lowest BCUT2D eigenvalue weighted by Crippen LogP contribution is -2.28. The van der Waals surface area contributed by atoms with Crippen LogP contribution in [0, 0.1) is 0 Å². The molecule has 0 saturated heterocycles. The Bertz CT molecular complexity index is 578. The number of benzene rings is 1. The van der Waals surface area contributed by atoms with E-state index in [1.54, 1.807) is 6.08 Å². The van der Waals surface area contributed by atoms with Crippen LogP contribution in [0.5, 0.6) is 0 Å². The lowest BCUT2D eigenvalue weighted by Gasteiger charge is -2.14. The molecule has 92 valence electrons. The number of hydrogen-bond acceptors (Lipinski definition) is 4. The van der Waals surface area contributed by atoms with E-state index in [1.165, 1.54) is 6.20 Å². The van der Waals surface area contributed by atoms with Crippen molar-refractivity contribution in [2.75, 3.05) is 5.32 Å².